The zero-order chi connectivity index (χ0) is 33.9. The predicted octanol–water partition coefficient (Wildman–Crippen LogP) is 4.82. The Balaban J connectivity index is 0.000000171. The van der Waals surface area contributed by atoms with Crippen molar-refractivity contribution >= 4 is 68.0 Å². The van der Waals surface area contributed by atoms with Gasteiger partial charge in [0.25, 0.3) is 0 Å². The zero-order valence-corrected chi connectivity index (χ0v) is 28.2. The van der Waals surface area contributed by atoms with E-state index in [0.29, 0.717) is 68.8 Å². The second-order valence-electron chi connectivity index (χ2n) is 11.2. The van der Waals surface area contributed by atoms with Crippen LogP contribution in [0.5, 0.6) is 0 Å². The number of nitrogens with zero attached hydrogens (tertiary/aromatic N) is 8. The van der Waals surface area contributed by atoms with E-state index in [1.165, 1.54) is 24.3 Å². The fourth-order valence-electron chi connectivity index (χ4n) is 5.67. The lowest BCUT2D eigenvalue weighted by atomic mass is 10.3. The molecule has 2 unspecified atom stereocenters. The third-order valence-corrected chi connectivity index (χ3v) is 11.1. The summed E-state index contributed by atoms with van der Waals surface area (Å²) in [5, 5.41) is 6.19. The van der Waals surface area contributed by atoms with E-state index in [4.69, 9.17) is 16.6 Å². The lowest BCUT2D eigenvalue weighted by Crippen LogP contribution is -2.47. The number of nitrogens with one attached hydrogen (secondary N) is 2. The Labute approximate surface area is 290 Å². The topological polar surface area (TPSA) is 142 Å². The lowest BCUT2D eigenvalue weighted by molar-refractivity contribution is 0.628. The lowest BCUT2D eigenvalue weighted by Gasteiger charge is -2.35. The summed E-state index contributed by atoms with van der Waals surface area (Å²) in [4.78, 5) is 31.3. The smallest absolute Gasteiger partial charge is 0.227 e. The highest BCUT2D eigenvalue weighted by atomic mass is 35.5. The average Bonchev–Trinajstić information content (AvgIpc) is 3.67. The van der Waals surface area contributed by atoms with Gasteiger partial charge in [-0.2, -0.15) is 9.97 Å². The summed E-state index contributed by atoms with van der Waals surface area (Å²) in [5.74, 6) is 2.74. The predicted molar refractivity (Wildman–Crippen MR) is 185 cm³/mol. The molecule has 252 valence electrons. The van der Waals surface area contributed by atoms with Gasteiger partial charge in [-0.3, -0.25) is 8.42 Å². The van der Waals surface area contributed by atoms with Gasteiger partial charge in [-0.25, -0.2) is 28.7 Å². The maximum absolute atomic E-state index is 13.6. The first kappa shape index (κ1) is 32.9. The van der Waals surface area contributed by atoms with Crippen LogP contribution in [0.4, 0.5) is 43.6 Å². The van der Waals surface area contributed by atoms with E-state index in [2.05, 4.69) is 45.4 Å². The molecule has 12 nitrogen and oxygen atoms in total. The maximum Gasteiger partial charge on any atom is 0.227 e. The van der Waals surface area contributed by atoms with E-state index >= 15 is 0 Å². The molecule has 1 fully saturated rings. The number of fused-ring (bicyclic) bond motifs is 2. The van der Waals surface area contributed by atoms with Gasteiger partial charge in [0, 0.05) is 68.1 Å². The number of aromatic nitrogens is 6. The molecule has 0 saturated carbocycles. The van der Waals surface area contributed by atoms with E-state index in [-0.39, 0.29) is 16.9 Å². The van der Waals surface area contributed by atoms with Gasteiger partial charge in [0.1, 0.15) is 33.6 Å². The molecule has 2 N–H and O–H groups in total. The molecule has 0 bridgehead atoms. The number of hydrogen-bond donors (Lipinski definition) is 2. The second kappa shape index (κ2) is 14.4. The average molecular weight is 723 g/mol. The molecule has 17 heteroatoms. The molecule has 0 radical (unpaired) electrons. The number of rotatable bonds is 6. The van der Waals surface area contributed by atoms with Crippen molar-refractivity contribution in [1.82, 2.24) is 29.9 Å². The molecule has 5 aromatic rings. The SMILES string of the molecule is O=S1CCc2nc(Cl)nc(Nc3cccc(F)c3)c21.O=S1CCc2nc(N3CCN(c4ccncn4)CC3)nc(Nc3cccc(F)c3)c21. The van der Waals surface area contributed by atoms with E-state index < -0.39 is 21.6 Å². The normalized spacial score (nSPS) is 17.9. The fraction of sp³-hybridized carbons (Fsp3) is 0.250. The van der Waals surface area contributed by atoms with Gasteiger partial charge >= 0.3 is 0 Å². The molecule has 0 amide bonds. The Bertz CT molecular complexity index is 2050. The van der Waals surface area contributed by atoms with Crippen LogP contribution in [0.3, 0.4) is 0 Å². The second-order valence-corrected chi connectivity index (χ2v) is 14.5. The summed E-state index contributed by atoms with van der Waals surface area (Å²) in [6.07, 6.45) is 4.55. The minimum absolute atomic E-state index is 0.0940. The molecular formula is C32H29ClF2N10O2S2. The van der Waals surface area contributed by atoms with Crippen LogP contribution in [0, 0.1) is 11.6 Å². The quantitative estimate of drug-likeness (QED) is 0.232. The minimum atomic E-state index is -1.15. The third-order valence-electron chi connectivity index (χ3n) is 7.96. The Morgan fingerprint density at radius 1 is 0.714 bits per heavy atom. The van der Waals surface area contributed by atoms with Crippen molar-refractivity contribution in [3.8, 4) is 0 Å². The summed E-state index contributed by atoms with van der Waals surface area (Å²) in [6.45, 7) is 3.06. The largest absolute Gasteiger partial charge is 0.353 e. The van der Waals surface area contributed by atoms with E-state index in [0.717, 1.165) is 37.7 Å². The molecule has 3 aliphatic rings. The monoisotopic (exact) mass is 722 g/mol. The first-order valence-electron chi connectivity index (χ1n) is 15.4. The first-order valence-corrected chi connectivity index (χ1v) is 18.4. The molecule has 3 aromatic heterocycles. The van der Waals surface area contributed by atoms with Crippen LogP contribution >= 0.6 is 11.6 Å². The molecule has 0 spiro atoms. The van der Waals surface area contributed by atoms with Crippen LogP contribution < -0.4 is 20.4 Å². The van der Waals surface area contributed by atoms with Crippen LogP contribution in [0.2, 0.25) is 5.28 Å². The molecule has 2 atom stereocenters. The summed E-state index contributed by atoms with van der Waals surface area (Å²) < 4.78 is 51.2. The van der Waals surface area contributed by atoms with E-state index in [9.17, 15) is 17.2 Å². The Hall–Kier alpha value is -4.67. The Morgan fingerprint density at radius 2 is 1.29 bits per heavy atom. The van der Waals surface area contributed by atoms with Crippen LogP contribution in [0.1, 0.15) is 11.4 Å². The summed E-state index contributed by atoms with van der Waals surface area (Å²) in [7, 11) is -2.29. The highest BCUT2D eigenvalue weighted by Gasteiger charge is 2.29. The van der Waals surface area contributed by atoms with Gasteiger partial charge in [-0.05, 0) is 54.1 Å². The van der Waals surface area contributed by atoms with E-state index in [1.807, 2.05) is 6.07 Å². The fourth-order valence-corrected chi connectivity index (χ4v) is 8.47. The van der Waals surface area contributed by atoms with Crippen LogP contribution in [0.15, 0.2) is 76.9 Å². The van der Waals surface area contributed by atoms with Gasteiger partial charge < -0.3 is 20.4 Å². The van der Waals surface area contributed by atoms with Crippen molar-refractivity contribution < 1.29 is 17.2 Å². The highest BCUT2D eigenvalue weighted by Crippen LogP contribution is 2.33. The number of anilines is 6. The standard InChI is InChI=1S/C20H20FN7OS.C12H9ClFN3OS/c21-14-2-1-3-15(12-14)24-19-18-16(5-11-30(18)29)25-20(26-19)28-9-7-27(8-10-28)17-4-6-22-13-23-17;13-12-16-9-4-5-19(18)10(9)11(17-12)15-8-3-1-2-7(14)6-8/h1-4,6,12-13H,5,7-11H2,(H,24,25,26);1-3,6H,4-5H2,(H,15,16,17). The molecule has 6 heterocycles. The molecule has 8 rings (SSSR count). The minimum Gasteiger partial charge on any atom is -0.353 e. The van der Waals surface area contributed by atoms with Gasteiger partial charge in [-0.1, -0.05) is 12.1 Å². The highest BCUT2D eigenvalue weighted by molar-refractivity contribution is 7.85. The zero-order valence-electron chi connectivity index (χ0n) is 25.9. The van der Waals surface area contributed by atoms with Crippen molar-refractivity contribution in [1.29, 1.82) is 0 Å². The van der Waals surface area contributed by atoms with Crippen molar-refractivity contribution in [2.45, 2.75) is 22.6 Å². The van der Waals surface area contributed by atoms with Gasteiger partial charge in [0.15, 0.2) is 11.6 Å². The van der Waals surface area contributed by atoms with Gasteiger partial charge in [0.05, 0.1) is 33.0 Å². The summed E-state index contributed by atoms with van der Waals surface area (Å²) in [6, 6.07) is 14.0. The number of halogens is 3. The molecule has 2 aromatic carbocycles. The van der Waals surface area contributed by atoms with Crippen molar-refractivity contribution in [3.05, 3.63) is 95.4 Å². The molecule has 3 aliphatic heterocycles. The van der Waals surface area contributed by atoms with Crippen LogP contribution in [-0.4, -0.2) is 76.0 Å². The van der Waals surface area contributed by atoms with Crippen LogP contribution in [-0.2, 0) is 34.4 Å². The Kier molecular flexibility index (Phi) is 9.68. The molecule has 49 heavy (non-hydrogen) atoms. The summed E-state index contributed by atoms with van der Waals surface area (Å²) >= 11 is 5.84. The first-order chi connectivity index (χ1) is 23.8. The number of benzene rings is 2. The van der Waals surface area contributed by atoms with Gasteiger partial charge in [-0.15, -0.1) is 0 Å². The maximum atomic E-state index is 13.6. The molecular weight excluding hydrogens is 694 g/mol. The van der Waals surface area contributed by atoms with Crippen molar-refractivity contribution in [2.24, 2.45) is 0 Å². The van der Waals surface area contributed by atoms with Crippen molar-refractivity contribution in [2.75, 3.05) is 58.1 Å². The third kappa shape index (κ3) is 7.50. The number of hydrogen-bond acceptors (Lipinski definition) is 12. The number of piperazine rings is 1. The molecule has 1 saturated heterocycles. The van der Waals surface area contributed by atoms with Crippen LogP contribution in [0.25, 0.3) is 0 Å². The van der Waals surface area contributed by atoms with Gasteiger partial charge in [0.2, 0.25) is 11.2 Å². The van der Waals surface area contributed by atoms with Crippen molar-refractivity contribution in [3.63, 3.8) is 0 Å². The Morgan fingerprint density at radius 3 is 1.86 bits per heavy atom. The van der Waals surface area contributed by atoms with E-state index in [1.54, 1.807) is 36.8 Å². The number of aryl methyl sites for hydroxylation is 2. The summed E-state index contributed by atoms with van der Waals surface area (Å²) in [5.41, 5.74) is 2.59. The molecule has 0 aliphatic carbocycles.